The van der Waals surface area contributed by atoms with Crippen molar-refractivity contribution in [2.24, 2.45) is 34.5 Å². The Morgan fingerprint density at radius 2 is 1.92 bits per heavy atom. The van der Waals surface area contributed by atoms with E-state index in [2.05, 4.69) is 13.8 Å². The lowest BCUT2D eigenvalue weighted by Crippen LogP contribution is -2.67. The molecular weight excluding hydrogens is 465 g/mol. The Bertz CT molecular complexity index is 1150. The highest BCUT2D eigenvalue weighted by atomic mass is 19.1. The van der Waals surface area contributed by atoms with Gasteiger partial charge in [0.05, 0.1) is 23.8 Å². The summed E-state index contributed by atoms with van der Waals surface area (Å²) in [6.07, 6.45) is -0.670. The van der Waals surface area contributed by atoms with E-state index in [0.29, 0.717) is 11.5 Å². The van der Waals surface area contributed by atoms with E-state index in [1.165, 1.54) is 25.2 Å². The number of benzene rings is 1. The number of fused-ring (bicyclic) bond motifs is 3. The summed E-state index contributed by atoms with van der Waals surface area (Å²) in [7, 11) is 1.37. The van der Waals surface area contributed by atoms with Crippen molar-refractivity contribution in [2.75, 3.05) is 18.6 Å². The molecular formula is C28H36FNO6. The fraction of sp³-hybridized carbons (Fsp3) is 0.607. The van der Waals surface area contributed by atoms with Gasteiger partial charge in [-0.05, 0) is 59.8 Å². The molecule has 1 aromatic rings. The zero-order valence-corrected chi connectivity index (χ0v) is 21.4. The normalized spacial score (nSPS) is 42.2. The van der Waals surface area contributed by atoms with Crippen molar-refractivity contribution in [3.8, 4) is 0 Å². The van der Waals surface area contributed by atoms with Crippen molar-refractivity contribution in [2.45, 2.75) is 58.0 Å². The quantitative estimate of drug-likeness (QED) is 0.474. The summed E-state index contributed by atoms with van der Waals surface area (Å²) in [4.78, 5) is 14.2. The molecule has 7 nitrogen and oxygen atoms in total. The first-order chi connectivity index (χ1) is 16.8. The lowest BCUT2D eigenvalue weighted by Gasteiger charge is -2.52. The average Bonchev–Trinajstić information content (AvgIpc) is 3.32. The lowest BCUT2D eigenvalue weighted by atomic mass is 9.58. The molecule has 4 aliphatic carbocycles. The van der Waals surface area contributed by atoms with Gasteiger partial charge in [0.25, 0.3) is 0 Å². The van der Waals surface area contributed by atoms with E-state index in [-0.39, 0.29) is 34.4 Å². The molecule has 5 rings (SSSR count). The van der Waals surface area contributed by atoms with Crippen LogP contribution in [-0.2, 0) is 4.74 Å². The highest BCUT2D eigenvalue weighted by Crippen LogP contribution is 2.72. The van der Waals surface area contributed by atoms with Crippen LogP contribution in [0.2, 0.25) is 0 Å². The Morgan fingerprint density at radius 3 is 2.56 bits per heavy atom. The number of hydrogen-bond donors (Lipinski definition) is 4. The van der Waals surface area contributed by atoms with Crippen LogP contribution < -0.4 is 4.90 Å². The Morgan fingerprint density at radius 1 is 1.25 bits per heavy atom. The van der Waals surface area contributed by atoms with Crippen molar-refractivity contribution in [3.05, 3.63) is 53.4 Å². The molecule has 2 bridgehead atoms. The second-order valence-electron chi connectivity index (χ2n) is 11.8. The first-order valence-electron chi connectivity index (χ1n) is 12.6. The van der Waals surface area contributed by atoms with Crippen LogP contribution in [0.25, 0.3) is 0 Å². The summed E-state index contributed by atoms with van der Waals surface area (Å²) in [5.74, 6) is -0.817. The Hall–Kier alpha value is -2.26. The maximum absolute atomic E-state index is 14.3. The molecule has 196 valence electrons. The topological polar surface area (TPSA) is 110 Å². The molecule has 36 heavy (non-hydrogen) atoms. The summed E-state index contributed by atoms with van der Waals surface area (Å²) in [5, 5.41) is 46.2. The average molecular weight is 502 g/mol. The molecule has 4 aliphatic rings. The molecule has 1 unspecified atom stereocenters. The standard InChI is InChI=1S/C28H36FNO6/c1-14-12-27-15(2)10-18-21(26(18,3)4)17(23(27)33)11-16(13-31)22(32)28(27,35)24(14)36-25(34)30(5)20-9-7-6-8-19(20)29/h6-9,11-12,15,17-18,21-24,31-33,35H,10,13H2,1-5H3/t15-,17+,18-,21+,22-,23?,24+,27+,28+/m1/s1. The number of amides is 1. The summed E-state index contributed by atoms with van der Waals surface area (Å²) in [6.45, 7) is 7.47. The number of carbonyl (C=O) groups excluding carboxylic acids is 1. The fourth-order valence-corrected chi connectivity index (χ4v) is 7.90. The van der Waals surface area contributed by atoms with Crippen molar-refractivity contribution >= 4 is 11.8 Å². The minimum atomic E-state index is -2.13. The number of hydrogen-bond acceptors (Lipinski definition) is 6. The second-order valence-corrected chi connectivity index (χ2v) is 11.8. The molecule has 0 aliphatic heterocycles. The van der Waals surface area contributed by atoms with E-state index in [1.54, 1.807) is 25.1 Å². The van der Waals surface area contributed by atoms with Gasteiger partial charge < -0.3 is 25.2 Å². The molecule has 0 aromatic heterocycles. The molecule has 1 amide bonds. The molecule has 1 spiro atoms. The number of ether oxygens (including phenoxy) is 1. The molecule has 9 atom stereocenters. The number of halogens is 1. The molecule has 1 aromatic carbocycles. The Labute approximate surface area is 210 Å². The van der Waals surface area contributed by atoms with Gasteiger partial charge in [-0.25, -0.2) is 9.18 Å². The number of rotatable bonds is 3. The van der Waals surface area contributed by atoms with Crippen LogP contribution in [0.1, 0.15) is 34.1 Å². The number of aliphatic hydroxyl groups excluding tert-OH is 3. The lowest BCUT2D eigenvalue weighted by molar-refractivity contribution is -0.214. The monoisotopic (exact) mass is 501 g/mol. The largest absolute Gasteiger partial charge is 0.438 e. The van der Waals surface area contributed by atoms with Crippen molar-refractivity contribution in [1.29, 1.82) is 0 Å². The van der Waals surface area contributed by atoms with Crippen LogP contribution in [0.15, 0.2) is 47.6 Å². The van der Waals surface area contributed by atoms with Gasteiger partial charge in [-0.3, -0.25) is 4.90 Å². The van der Waals surface area contributed by atoms with Gasteiger partial charge in [0.15, 0.2) is 6.10 Å². The van der Waals surface area contributed by atoms with Gasteiger partial charge in [0.2, 0.25) is 0 Å². The number of anilines is 1. The van der Waals surface area contributed by atoms with Crippen LogP contribution in [0.3, 0.4) is 0 Å². The SMILES string of the molecule is CC1=C[C@]23C(O)[C@@H](C=C(CO)[C@@H](O)[C@]2(O)[C@H]1OC(=O)N(C)c1ccccc1F)[C@H]1[C@@H](C[C@H]3C)C1(C)C. The Kier molecular flexibility index (Phi) is 5.73. The number of carbonyl (C=O) groups is 1. The van der Waals surface area contributed by atoms with Gasteiger partial charge in [0, 0.05) is 13.0 Å². The minimum absolute atomic E-state index is 0.00597. The third kappa shape index (κ3) is 3.08. The summed E-state index contributed by atoms with van der Waals surface area (Å²) >= 11 is 0. The van der Waals surface area contributed by atoms with E-state index >= 15 is 0 Å². The summed E-state index contributed by atoms with van der Waals surface area (Å²) in [6, 6.07) is 5.77. The first kappa shape index (κ1) is 25.4. The molecule has 0 heterocycles. The van der Waals surface area contributed by atoms with E-state index in [4.69, 9.17) is 4.74 Å². The molecule has 2 fully saturated rings. The number of nitrogens with zero attached hydrogens (tertiary/aromatic N) is 1. The molecule has 4 N–H and O–H groups in total. The highest BCUT2D eigenvalue weighted by molar-refractivity contribution is 5.87. The fourth-order valence-electron chi connectivity index (χ4n) is 7.90. The smallest absolute Gasteiger partial charge is 0.414 e. The number of aliphatic hydroxyl groups is 4. The Balaban J connectivity index is 1.58. The summed E-state index contributed by atoms with van der Waals surface area (Å²) in [5.41, 5.74) is -2.77. The molecule has 0 radical (unpaired) electrons. The van der Waals surface area contributed by atoms with Crippen molar-refractivity contribution < 1.29 is 34.3 Å². The van der Waals surface area contributed by atoms with Gasteiger partial charge in [-0.15, -0.1) is 0 Å². The molecule has 0 saturated heterocycles. The van der Waals surface area contributed by atoms with Crippen LogP contribution >= 0.6 is 0 Å². The summed E-state index contributed by atoms with van der Waals surface area (Å²) < 4.78 is 20.2. The molecule has 8 heteroatoms. The van der Waals surface area contributed by atoms with E-state index in [9.17, 15) is 29.6 Å². The van der Waals surface area contributed by atoms with Gasteiger partial charge in [-0.2, -0.15) is 0 Å². The van der Waals surface area contributed by atoms with Crippen LogP contribution in [0.5, 0.6) is 0 Å². The van der Waals surface area contributed by atoms with Crippen molar-refractivity contribution in [3.63, 3.8) is 0 Å². The number of para-hydroxylation sites is 1. The van der Waals surface area contributed by atoms with Crippen LogP contribution in [0, 0.1) is 40.3 Å². The van der Waals surface area contributed by atoms with Gasteiger partial charge >= 0.3 is 6.09 Å². The zero-order valence-electron chi connectivity index (χ0n) is 21.4. The predicted molar refractivity (Wildman–Crippen MR) is 131 cm³/mol. The zero-order chi connectivity index (χ0) is 26.4. The van der Waals surface area contributed by atoms with E-state index in [1.807, 2.05) is 6.92 Å². The van der Waals surface area contributed by atoms with Crippen LogP contribution in [-0.4, -0.2) is 64.1 Å². The van der Waals surface area contributed by atoms with E-state index < -0.39 is 47.8 Å². The maximum atomic E-state index is 14.3. The molecule has 2 saturated carbocycles. The maximum Gasteiger partial charge on any atom is 0.414 e. The third-order valence-corrected chi connectivity index (χ3v) is 9.87. The minimum Gasteiger partial charge on any atom is -0.438 e. The third-order valence-electron chi connectivity index (χ3n) is 9.87. The van der Waals surface area contributed by atoms with E-state index in [0.717, 1.165) is 11.3 Å². The first-order valence-corrected chi connectivity index (χ1v) is 12.6. The second kappa shape index (κ2) is 8.12. The van der Waals surface area contributed by atoms with Gasteiger partial charge in [0.1, 0.15) is 17.5 Å². The predicted octanol–water partition coefficient (Wildman–Crippen LogP) is 3.03. The van der Waals surface area contributed by atoms with Crippen molar-refractivity contribution in [1.82, 2.24) is 0 Å². The van der Waals surface area contributed by atoms with Crippen LogP contribution in [0.4, 0.5) is 14.9 Å². The highest BCUT2D eigenvalue weighted by Gasteiger charge is 2.76. The van der Waals surface area contributed by atoms with Gasteiger partial charge in [-0.1, -0.05) is 45.1 Å².